The highest BCUT2D eigenvalue weighted by atomic mass is 35.5. The van der Waals surface area contributed by atoms with Gasteiger partial charge in [0.05, 0.1) is 6.54 Å². The van der Waals surface area contributed by atoms with Crippen LogP contribution in [0.3, 0.4) is 0 Å². The lowest BCUT2D eigenvalue weighted by Gasteiger charge is -2.11. The molecule has 1 heterocycles. The number of benzene rings is 1. The summed E-state index contributed by atoms with van der Waals surface area (Å²) in [4.78, 5) is 8.67. The van der Waals surface area contributed by atoms with Gasteiger partial charge < -0.3 is 10.6 Å². The quantitative estimate of drug-likeness (QED) is 0.617. The molecule has 1 aromatic heterocycles. The van der Waals surface area contributed by atoms with Gasteiger partial charge in [0.15, 0.2) is 5.96 Å². The van der Waals surface area contributed by atoms with E-state index < -0.39 is 0 Å². The summed E-state index contributed by atoms with van der Waals surface area (Å²) < 4.78 is 0. The van der Waals surface area contributed by atoms with Gasteiger partial charge >= 0.3 is 0 Å². The highest BCUT2D eigenvalue weighted by molar-refractivity contribution is 6.35. The normalized spacial score (nSPS) is 11.3. The van der Waals surface area contributed by atoms with E-state index in [1.807, 2.05) is 31.3 Å². The van der Waals surface area contributed by atoms with Crippen molar-refractivity contribution in [2.24, 2.45) is 4.99 Å². The maximum atomic E-state index is 6.17. The van der Waals surface area contributed by atoms with Crippen LogP contribution in [0.15, 0.2) is 47.7 Å². The smallest absolute Gasteiger partial charge is 0.191 e. The van der Waals surface area contributed by atoms with Crippen molar-refractivity contribution >= 4 is 29.2 Å². The van der Waals surface area contributed by atoms with E-state index in [-0.39, 0.29) is 0 Å². The van der Waals surface area contributed by atoms with E-state index in [0.717, 1.165) is 31.0 Å². The Balaban J connectivity index is 1.91. The molecule has 6 heteroatoms. The Morgan fingerprint density at radius 1 is 1.22 bits per heavy atom. The summed E-state index contributed by atoms with van der Waals surface area (Å²) in [5.74, 6) is 0.766. The SMILES string of the molecule is CCNC(=NCc1ccc(Cl)cc1Cl)NCCc1cccnc1. The number of aromatic nitrogens is 1. The Labute approximate surface area is 146 Å². The van der Waals surface area contributed by atoms with Crippen molar-refractivity contribution in [2.45, 2.75) is 19.9 Å². The van der Waals surface area contributed by atoms with Crippen LogP contribution in [0, 0.1) is 0 Å². The Bertz CT molecular complexity index is 644. The van der Waals surface area contributed by atoms with Crippen LogP contribution in [0.25, 0.3) is 0 Å². The highest BCUT2D eigenvalue weighted by Crippen LogP contribution is 2.21. The molecule has 23 heavy (non-hydrogen) atoms. The molecule has 0 saturated heterocycles. The molecule has 0 amide bonds. The number of rotatable bonds is 6. The largest absolute Gasteiger partial charge is 0.357 e. The third-order valence-corrected chi connectivity index (χ3v) is 3.78. The van der Waals surface area contributed by atoms with E-state index in [0.29, 0.717) is 16.6 Å². The van der Waals surface area contributed by atoms with E-state index in [9.17, 15) is 0 Å². The molecule has 2 rings (SSSR count). The number of aliphatic imine (C=N–C) groups is 1. The van der Waals surface area contributed by atoms with Crippen LogP contribution in [0.2, 0.25) is 10.0 Å². The summed E-state index contributed by atoms with van der Waals surface area (Å²) in [6.07, 6.45) is 4.54. The summed E-state index contributed by atoms with van der Waals surface area (Å²) in [7, 11) is 0. The molecule has 0 aliphatic carbocycles. The molecular formula is C17H20Cl2N4. The third-order valence-electron chi connectivity index (χ3n) is 3.20. The minimum atomic E-state index is 0.498. The van der Waals surface area contributed by atoms with Gasteiger partial charge in [-0.05, 0) is 42.7 Å². The molecule has 0 aliphatic rings. The van der Waals surface area contributed by atoms with Crippen LogP contribution < -0.4 is 10.6 Å². The first-order valence-corrected chi connectivity index (χ1v) is 8.29. The average Bonchev–Trinajstić information content (AvgIpc) is 2.55. The number of nitrogens with zero attached hydrogens (tertiary/aromatic N) is 2. The van der Waals surface area contributed by atoms with Crippen molar-refractivity contribution < 1.29 is 0 Å². The maximum Gasteiger partial charge on any atom is 0.191 e. The molecule has 2 aromatic rings. The Kier molecular flexibility index (Phi) is 7.17. The van der Waals surface area contributed by atoms with Gasteiger partial charge in [-0.1, -0.05) is 35.3 Å². The van der Waals surface area contributed by atoms with Gasteiger partial charge in [-0.25, -0.2) is 4.99 Å². The molecule has 0 atom stereocenters. The number of pyridine rings is 1. The second kappa shape index (κ2) is 9.38. The summed E-state index contributed by atoms with van der Waals surface area (Å²) in [6.45, 7) is 4.12. The predicted molar refractivity (Wildman–Crippen MR) is 97.2 cm³/mol. The van der Waals surface area contributed by atoms with Gasteiger partial charge in [-0.15, -0.1) is 0 Å². The lowest BCUT2D eigenvalue weighted by atomic mass is 10.2. The zero-order chi connectivity index (χ0) is 16.5. The molecule has 0 unspecified atom stereocenters. The molecule has 0 bridgehead atoms. The molecule has 4 nitrogen and oxygen atoms in total. The Hall–Kier alpha value is -1.78. The van der Waals surface area contributed by atoms with E-state index >= 15 is 0 Å². The fourth-order valence-electron chi connectivity index (χ4n) is 2.03. The van der Waals surface area contributed by atoms with Crippen molar-refractivity contribution in [3.05, 3.63) is 63.9 Å². The lowest BCUT2D eigenvalue weighted by molar-refractivity contribution is 0.798. The van der Waals surface area contributed by atoms with Crippen LogP contribution in [-0.4, -0.2) is 24.0 Å². The standard InChI is InChI=1S/C17H20Cl2N4/c1-2-21-17(22-9-7-13-4-3-8-20-11-13)23-12-14-5-6-15(18)10-16(14)19/h3-6,8,10-11H,2,7,9,12H2,1H3,(H2,21,22,23). The van der Waals surface area contributed by atoms with Crippen LogP contribution in [0.5, 0.6) is 0 Å². The van der Waals surface area contributed by atoms with Gasteiger partial charge in [0.1, 0.15) is 0 Å². The first-order chi connectivity index (χ1) is 11.2. The number of nitrogens with one attached hydrogen (secondary N) is 2. The van der Waals surface area contributed by atoms with E-state index in [1.54, 1.807) is 12.3 Å². The third kappa shape index (κ3) is 6.08. The van der Waals surface area contributed by atoms with Crippen LogP contribution in [-0.2, 0) is 13.0 Å². The van der Waals surface area contributed by atoms with Gasteiger partial charge in [0.25, 0.3) is 0 Å². The van der Waals surface area contributed by atoms with E-state index in [4.69, 9.17) is 23.2 Å². The number of hydrogen-bond acceptors (Lipinski definition) is 2. The van der Waals surface area contributed by atoms with Crippen molar-refractivity contribution in [1.82, 2.24) is 15.6 Å². The van der Waals surface area contributed by atoms with Gasteiger partial charge in [0.2, 0.25) is 0 Å². The van der Waals surface area contributed by atoms with Crippen LogP contribution in [0.4, 0.5) is 0 Å². The number of guanidine groups is 1. The first-order valence-electron chi connectivity index (χ1n) is 7.54. The molecule has 122 valence electrons. The molecule has 0 aliphatic heterocycles. The first kappa shape index (κ1) is 17.6. The predicted octanol–water partition coefficient (Wildman–Crippen LogP) is 3.69. The molecular weight excluding hydrogens is 331 g/mol. The van der Waals surface area contributed by atoms with Gasteiger partial charge in [0, 0.05) is 35.5 Å². The van der Waals surface area contributed by atoms with Crippen molar-refractivity contribution in [3.8, 4) is 0 Å². The number of halogens is 2. The van der Waals surface area contributed by atoms with Crippen molar-refractivity contribution in [2.75, 3.05) is 13.1 Å². The zero-order valence-electron chi connectivity index (χ0n) is 13.0. The van der Waals surface area contributed by atoms with Crippen molar-refractivity contribution in [1.29, 1.82) is 0 Å². The van der Waals surface area contributed by atoms with E-state index in [1.165, 1.54) is 5.56 Å². The Morgan fingerprint density at radius 3 is 2.78 bits per heavy atom. The highest BCUT2D eigenvalue weighted by Gasteiger charge is 2.02. The minimum Gasteiger partial charge on any atom is -0.357 e. The van der Waals surface area contributed by atoms with Gasteiger partial charge in [-0.3, -0.25) is 4.98 Å². The summed E-state index contributed by atoms with van der Waals surface area (Å²) >= 11 is 12.1. The summed E-state index contributed by atoms with van der Waals surface area (Å²) in [5.41, 5.74) is 2.14. The molecule has 0 spiro atoms. The van der Waals surface area contributed by atoms with Crippen LogP contribution in [0.1, 0.15) is 18.1 Å². The Morgan fingerprint density at radius 2 is 2.09 bits per heavy atom. The second-order valence-electron chi connectivity index (χ2n) is 4.97. The summed E-state index contributed by atoms with van der Waals surface area (Å²) in [5, 5.41) is 7.80. The van der Waals surface area contributed by atoms with Crippen molar-refractivity contribution in [3.63, 3.8) is 0 Å². The molecule has 2 N–H and O–H groups in total. The topological polar surface area (TPSA) is 49.3 Å². The van der Waals surface area contributed by atoms with E-state index in [2.05, 4.69) is 26.7 Å². The lowest BCUT2D eigenvalue weighted by Crippen LogP contribution is -2.38. The average molecular weight is 351 g/mol. The maximum absolute atomic E-state index is 6.17. The molecule has 0 saturated carbocycles. The monoisotopic (exact) mass is 350 g/mol. The molecule has 0 fully saturated rings. The number of hydrogen-bond donors (Lipinski definition) is 2. The van der Waals surface area contributed by atoms with Crippen LogP contribution >= 0.6 is 23.2 Å². The second-order valence-corrected chi connectivity index (χ2v) is 5.81. The summed E-state index contributed by atoms with van der Waals surface area (Å²) in [6, 6.07) is 9.45. The molecule has 1 aromatic carbocycles. The fourth-order valence-corrected chi connectivity index (χ4v) is 2.50. The zero-order valence-corrected chi connectivity index (χ0v) is 14.5. The van der Waals surface area contributed by atoms with Gasteiger partial charge in [-0.2, -0.15) is 0 Å². The fraction of sp³-hybridized carbons (Fsp3) is 0.294. The minimum absolute atomic E-state index is 0.498. The molecule has 0 radical (unpaired) electrons.